The van der Waals surface area contributed by atoms with E-state index in [-0.39, 0.29) is 53.0 Å². The Morgan fingerprint density at radius 2 is 1.50 bits per heavy atom. The molecule has 252 valence electrons. The minimum absolute atomic E-state index is 0.0477. The van der Waals surface area contributed by atoms with Crippen LogP contribution in [0.25, 0.3) is 0 Å². The highest BCUT2D eigenvalue weighted by Crippen LogP contribution is 2.89. The van der Waals surface area contributed by atoms with Gasteiger partial charge in [-0.05, 0) is 118 Å². The Balaban J connectivity index is 1.15. The van der Waals surface area contributed by atoms with E-state index in [1.807, 2.05) is 0 Å². The van der Waals surface area contributed by atoms with E-state index in [1.54, 1.807) is 13.8 Å². The van der Waals surface area contributed by atoms with Crippen molar-refractivity contribution in [3.05, 3.63) is 0 Å². The summed E-state index contributed by atoms with van der Waals surface area (Å²) in [6, 6.07) is 0. The van der Waals surface area contributed by atoms with Gasteiger partial charge in [0.2, 0.25) is 0 Å². The highest BCUT2D eigenvalue weighted by atomic mass is 16.7. The predicted octanol–water partition coefficient (Wildman–Crippen LogP) is 2.90. The van der Waals surface area contributed by atoms with Crippen molar-refractivity contribution in [2.45, 2.75) is 160 Å². The summed E-state index contributed by atoms with van der Waals surface area (Å²) in [5, 5.41) is 64.8. The van der Waals surface area contributed by atoms with E-state index in [2.05, 4.69) is 27.7 Å². The number of ether oxygens (including phenoxy) is 3. The van der Waals surface area contributed by atoms with Gasteiger partial charge in [-0.3, -0.25) is 0 Å². The first-order chi connectivity index (χ1) is 20.4. The molecule has 9 nitrogen and oxygen atoms in total. The third-order valence-corrected chi connectivity index (χ3v) is 15.5. The van der Waals surface area contributed by atoms with Gasteiger partial charge in [-0.2, -0.15) is 0 Å². The van der Waals surface area contributed by atoms with Crippen molar-refractivity contribution in [2.75, 3.05) is 13.2 Å². The Bertz CT molecular complexity index is 1140. The first-order valence-electron chi connectivity index (χ1n) is 17.4. The fraction of sp³-hybridized carbons (Fsp3) is 1.00. The van der Waals surface area contributed by atoms with Crippen LogP contribution >= 0.6 is 0 Å². The number of rotatable bonds is 5. The molecular weight excluding hydrogens is 564 g/mol. The van der Waals surface area contributed by atoms with Crippen LogP contribution in [0.4, 0.5) is 0 Å². The maximum Gasteiger partial charge on any atom is 0.186 e. The van der Waals surface area contributed by atoms with E-state index in [0.29, 0.717) is 18.3 Å². The SMILES string of the molecule is CC(C)(O)[C@H]1CC[C@@](C)([C@H]2[C@@H](O)C[C@@]3(C)[C@@H]4CC[C@@H]5C(C)(C)[C@@H](O[C@@H]6OC[C@@H](O)[C@H](O)[C@H]6O)CC[C@@]56C[C@@]46CC[C@]23CO)O1. The monoisotopic (exact) mass is 622 g/mol. The summed E-state index contributed by atoms with van der Waals surface area (Å²) in [5.41, 5.74) is -1.98. The van der Waals surface area contributed by atoms with Crippen molar-refractivity contribution in [1.29, 1.82) is 0 Å². The zero-order chi connectivity index (χ0) is 31.9. The van der Waals surface area contributed by atoms with E-state index in [4.69, 9.17) is 14.2 Å². The Kier molecular flexibility index (Phi) is 7.21. The van der Waals surface area contributed by atoms with Crippen molar-refractivity contribution in [2.24, 2.45) is 44.8 Å². The molecule has 2 saturated heterocycles. The van der Waals surface area contributed by atoms with Gasteiger partial charge in [-0.15, -0.1) is 0 Å². The molecule has 9 heteroatoms. The van der Waals surface area contributed by atoms with Crippen LogP contribution in [0.5, 0.6) is 0 Å². The van der Waals surface area contributed by atoms with E-state index in [9.17, 15) is 30.6 Å². The molecule has 15 atom stereocenters. The highest BCUT2D eigenvalue weighted by Gasteiger charge is 2.84. The second-order valence-electron chi connectivity index (χ2n) is 18.0. The Labute approximate surface area is 262 Å². The van der Waals surface area contributed by atoms with Crippen LogP contribution in [-0.4, -0.2) is 98.0 Å². The molecule has 7 aliphatic rings. The lowest BCUT2D eigenvalue weighted by Crippen LogP contribution is -2.62. The van der Waals surface area contributed by atoms with Gasteiger partial charge < -0.3 is 44.8 Å². The van der Waals surface area contributed by atoms with Gasteiger partial charge in [-0.1, -0.05) is 20.8 Å². The summed E-state index contributed by atoms with van der Waals surface area (Å²) < 4.78 is 18.8. The predicted molar refractivity (Wildman–Crippen MR) is 161 cm³/mol. The molecule has 5 aliphatic carbocycles. The summed E-state index contributed by atoms with van der Waals surface area (Å²) in [7, 11) is 0. The molecule has 6 N–H and O–H groups in total. The van der Waals surface area contributed by atoms with Crippen LogP contribution in [0.2, 0.25) is 0 Å². The first kappa shape index (κ1) is 32.2. The zero-order valence-corrected chi connectivity index (χ0v) is 27.7. The molecule has 44 heavy (non-hydrogen) atoms. The Hall–Kier alpha value is -0.360. The second kappa shape index (κ2) is 9.85. The molecule has 0 amide bonds. The maximum absolute atomic E-state index is 11.9. The number of fused-ring (bicyclic) bond motifs is 2. The summed E-state index contributed by atoms with van der Waals surface area (Å²) in [4.78, 5) is 0. The van der Waals surface area contributed by atoms with Gasteiger partial charge in [0.15, 0.2) is 6.29 Å². The lowest BCUT2D eigenvalue weighted by Gasteiger charge is -2.64. The molecular formula is C35H58O9. The van der Waals surface area contributed by atoms with Crippen LogP contribution in [-0.2, 0) is 14.2 Å². The lowest BCUT2D eigenvalue weighted by molar-refractivity contribution is -0.303. The molecule has 0 bridgehead atoms. The van der Waals surface area contributed by atoms with Crippen molar-refractivity contribution in [3.8, 4) is 0 Å². The van der Waals surface area contributed by atoms with Crippen LogP contribution in [0.1, 0.15) is 106 Å². The first-order valence-corrected chi connectivity index (χ1v) is 17.4. The molecule has 0 aromatic rings. The van der Waals surface area contributed by atoms with Gasteiger partial charge in [0, 0.05) is 17.9 Å². The quantitative estimate of drug-likeness (QED) is 0.255. The fourth-order valence-electron chi connectivity index (χ4n) is 13.5. The number of aliphatic hydroxyl groups excluding tert-OH is 5. The molecule has 0 aromatic carbocycles. The average molecular weight is 623 g/mol. The van der Waals surface area contributed by atoms with Gasteiger partial charge in [0.25, 0.3) is 0 Å². The lowest BCUT2D eigenvalue weighted by atomic mass is 9.41. The molecule has 2 aliphatic heterocycles. The maximum atomic E-state index is 11.9. The third kappa shape index (κ3) is 3.97. The van der Waals surface area contributed by atoms with E-state index in [0.717, 1.165) is 51.4 Å². The third-order valence-electron chi connectivity index (χ3n) is 15.5. The minimum atomic E-state index is -1.29. The van der Waals surface area contributed by atoms with Crippen LogP contribution in [0.3, 0.4) is 0 Å². The summed E-state index contributed by atoms with van der Waals surface area (Å²) in [6.07, 6.45) is 3.69. The molecule has 7 fully saturated rings. The number of aliphatic hydroxyl groups is 6. The topological polar surface area (TPSA) is 149 Å². The van der Waals surface area contributed by atoms with Gasteiger partial charge in [0.1, 0.15) is 18.3 Å². The second-order valence-corrected chi connectivity index (χ2v) is 18.0. The van der Waals surface area contributed by atoms with Crippen molar-refractivity contribution in [1.82, 2.24) is 0 Å². The van der Waals surface area contributed by atoms with Crippen LogP contribution < -0.4 is 0 Å². The molecule has 2 spiro atoms. The van der Waals surface area contributed by atoms with Crippen LogP contribution in [0, 0.1) is 44.8 Å². The van der Waals surface area contributed by atoms with E-state index >= 15 is 0 Å². The number of hydrogen-bond acceptors (Lipinski definition) is 9. The number of hydrogen-bond donors (Lipinski definition) is 6. The van der Waals surface area contributed by atoms with Crippen molar-refractivity contribution in [3.63, 3.8) is 0 Å². The van der Waals surface area contributed by atoms with E-state index in [1.165, 1.54) is 6.42 Å². The Morgan fingerprint density at radius 1 is 0.818 bits per heavy atom. The minimum Gasteiger partial charge on any atom is -0.396 e. The Morgan fingerprint density at radius 3 is 2.16 bits per heavy atom. The molecule has 2 heterocycles. The van der Waals surface area contributed by atoms with E-state index < -0.39 is 47.3 Å². The van der Waals surface area contributed by atoms with Crippen molar-refractivity contribution >= 4 is 0 Å². The van der Waals surface area contributed by atoms with Gasteiger partial charge in [0.05, 0.1) is 36.1 Å². The largest absolute Gasteiger partial charge is 0.396 e. The smallest absolute Gasteiger partial charge is 0.186 e. The molecule has 5 saturated carbocycles. The molecule has 0 radical (unpaired) electrons. The van der Waals surface area contributed by atoms with Crippen LogP contribution in [0.15, 0.2) is 0 Å². The van der Waals surface area contributed by atoms with Gasteiger partial charge >= 0.3 is 0 Å². The van der Waals surface area contributed by atoms with Gasteiger partial charge in [-0.25, -0.2) is 0 Å². The van der Waals surface area contributed by atoms with Crippen molar-refractivity contribution < 1.29 is 44.8 Å². The normalized spacial score (nSPS) is 58.1. The molecule has 7 rings (SSSR count). The summed E-state index contributed by atoms with van der Waals surface area (Å²) in [5.74, 6) is 0.672. The highest BCUT2D eigenvalue weighted by molar-refractivity contribution is 5.32. The fourth-order valence-corrected chi connectivity index (χ4v) is 13.5. The molecule has 0 unspecified atom stereocenters. The standard InChI is InChI=1S/C35H58O9/c1-29(2)21-7-8-22-31(5)15-19(37)27(32(6)11-9-24(44-32)30(3,4)41)35(31,18-36)14-13-34(22)17-33(21,34)12-10-23(29)43-28-26(40)25(39)20(38)16-42-28/h19-28,36-41H,7-18H2,1-6H3/t19-,20+,21+,22-,23-,24+,25-,26+,27+,28-,31-,32-,33+,34-,35-/m0/s1. The summed E-state index contributed by atoms with van der Waals surface area (Å²) in [6.45, 7) is 12.7. The zero-order valence-electron chi connectivity index (χ0n) is 27.7. The molecule has 0 aromatic heterocycles. The summed E-state index contributed by atoms with van der Waals surface area (Å²) >= 11 is 0. The average Bonchev–Trinajstić information content (AvgIpc) is 3.30.